The van der Waals surface area contributed by atoms with E-state index in [1.165, 1.54) is 43.4 Å². The Kier molecular flexibility index (Phi) is 4.19. The zero-order valence-corrected chi connectivity index (χ0v) is 13.1. The number of carbonyl (C=O) groups excluding carboxylic acids is 1. The number of thiazole rings is 1. The van der Waals surface area contributed by atoms with Gasteiger partial charge in [-0.2, -0.15) is 0 Å². The maximum atomic E-state index is 12.2. The van der Waals surface area contributed by atoms with Crippen molar-refractivity contribution >= 4 is 38.3 Å². The van der Waals surface area contributed by atoms with Crippen molar-refractivity contribution in [2.75, 3.05) is 5.32 Å². The minimum absolute atomic E-state index is 0.0537. The second kappa shape index (κ2) is 5.89. The van der Waals surface area contributed by atoms with Gasteiger partial charge in [-0.05, 0) is 47.5 Å². The van der Waals surface area contributed by atoms with Crippen LogP contribution in [-0.2, 0) is 4.79 Å². The van der Waals surface area contributed by atoms with E-state index in [2.05, 4.69) is 31.5 Å². The molecule has 19 heavy (non-hydrogen) atoms. The fourth-order valence-corrected chi connectivity index (χ4v) is 4.32. The summed E-state index contributed by atoms with van der Waals surface area (Å²) in [6.45, 7) is 0. The molecule has 3 atom stereocenters. The first-order valence-electron chi connectivity index (χ1n) is 6.90. The number of carbonyl (C=O) groups is 1. The van der Waals surface area contributed by atoms with Gasteiger partial charge in [-0.1, -0.05) is 24.2 Å². The molecule has 2 N–H and O–H groups in total. The first-order chi connectivity index (χ1) is 9.22. The first-order valence-corrected chi connectivity index (χ1v) is 8.51. The van der Waals surface area contributed by atoms with Crippen LogP contribution in [0.2, 0.25) is 0 Å². The molecule has 0 spiro atoms. The highest BCUT2D eigenvalue weighted by Crippen LogP contribution is 2.32. The Bertz CT molecular complexity index is 464. The molecule has 1 aromatic heterocycles. The van der Waals surface area contributed by atoms with Crippen molar-refractivity contribution in [1.82, 2.24) is 10.3 Å². The third kappa shape index (κ3) is 3.17. The van der Waals surface area contributed by atoms with Crippen LogP contribution in [0.4, 0.5) is 5.13 Å². The van der Waals surface area contributed by atoms with Gasteiger partial charge in [-0.15, -0.1) is 0 Å². The predicted octanol–water partition coefficient (Wildman–Crippen LogP) is 3.15. The van der Waals surface area contributed by atoms with E-state index in [0.29, 0.717) is 11.2 Å². The van der Waals surface area contributed by atoms with E-state index in [0.717, 1.165) is 16.1 Å². The van der Waals surface area contributed by atoms with E-state index in [9.17, 15) is 4.79 Å². The molecule has 104 valence electrons. The lowest BCUT2D eigenvalue weighted by Gasteiger charge is -2.39. The topological polar surface area (TPSA) is 54.0 Å². The highest BCUT2D eigenvalue weighted by Gasteiger charge is 2.34. The van der Waals surface area contributed by atoms with Gasteiger partial charge in [0.1, 0.15) is 0 Å². The van der Waals surface area contributed by atoms with Gasteiger partial charge in [0.05, 0.1) is 16.0 Å². The molecule has 2 heterocycles. The largest absolute Gasteiger partial charge is 0.303 e. The molecular formula is C13H18BrN3OS. The van der Waals surface area contributed by atoms with E-state index in [-0.39, 0.29) is 11.9 Å². The van der Waals surface area contributed by atoms with Crippen LogP contribution in [0, 0.1) is 5.92 Å². The highest BCUT2D eigenvalue weighted by molar-refractivity contribution is 9.11. The minimum Gasteiger partial charge on any atom is -0.303 e. The molecule has 1 amide bonds. The van der Waals surface area contributed by atoms with Gasteiger partial charge in [-0.3, -0.25) is 4.79 Å². The van der Waals surface area contributed by atoms with Crippen molar-refractivity contribution in [1.29, 1.82) is 0 Å². The summed E-state index contributed by atoms with van der Waals surface area (Å²) in [6, 6.07) is 0.489. The SMILES string of the molecule is O=C(Nc1ncc(Br)s1)C1CCC2CCCCC2N1. The van der Waals surface area contributed by atoms with Crippen LogP contribution in [0.25, 0.3) is 0 Å². The number of hydrogen-bond donors (Lipinski definition) is 2. The summed E-state index contributed by atoms with van der Waals surface area (Å²) >= 11 is 4.80. The van der Waals surface area contributed by atoms with Crippen molar-refractivity contribution in [2.45, 2.75) is 50.6 Å². The zero-order valence-electron chi connectivity index (χ0n) is 10.7. The molecule has 1 saturated heterocycles. The zero-order chi connectivity index (χ0) is 13.2. The molecule has 0 bridgehead atoms. The molecule has 3 unspecified atom stereocenters. The number of nitrogens with one attached hydrogen (secondary N) is 2. The molecule has 3 rings (SSSR count). The lowest BCUT2D eigenvalue weighted by molar-refractivity contribution is -0.119. The summed E-state index contributed by atoms with van der Waals surface area (Å²) < 4.78 is 0.937. The maximum Gasteiger partial charge on any atom is 0.243 e. The molecule has 2 fully saturated rings. The number of halogens is 1. The van der Waals surface area contributed by atoms with Crippen LogP contribution in [0.15, 0.2) is 9.98 Å². The number of amides is 1. The summed E-state index contributed by atoms with van der Waals surface area (Å²) in [5.41, 5.74) is 0. The minimum atomic E-state index is -0.0537. The second-order valence-corrected chi connectivity index (χ2v) is 7.82. The van der Waals surface area contributed by atoms with Crippen LogP contribution in [-0.4, -0.2) is 23.0 Å². The Balaban J connectivity index is 1.58. The standard InChI is InChI=1S/C13H18BrN3OS/c14-11-7-15-13(19-11)17-12(18)10-6-5-8-3-1-2-4-9(8)16-10/h7-10,16H,1-6H2,(H,15,17,18). The van der Waals surface area contributed by atoms with Crippen molar-refractivity contribution in [3.8, 4) is 0 Å². The van der Waals surface area contributed by atoms with Crippen LogP contribution < -0.4 is 10.6 Å². The average Bonchev–Trinajstić information content (AvgIpc) is 2.83. The summed E-state index contributed by atoms with van der Waals surface area (Å²) in [6.07, 6.45) is 9.03. The van der Waals surface area contributed by atoms with Gasteiger partial charge in [0.2, 0.25) is 5.91 Å². The smallest absolute Gasteiger partial charge is 0.243 e. The molecule has 0 aromatic carbocycles. The van der Waals surface area contributed by atoms with Crippen LogP contribution in [0.5, 0.6) is 0 Å². The molecule has 4 nitrogen and oxygen atoms in total. The Morgan fingerprint density at radius 3 is 3.00 bits per heavy atom. The molecule has 1 saturated carbocycles. The summed E-state index contributed by atoms with van der Waals surface area (Å²) in [7, 11) is 0. The number of anilines is 1. The normalized spacial score (nSPS) is 30.7. The van der Waals surface area contributed by atoms with Crippen LogP contribution in [0.3, 0.4) is 0 Å². The number of nitrogens with zero attached hydrogens (tertiary/aromatic N) is 1. The van der Waals surface area contributed by atoms with Crippen LogP contribution in [0.1, 0.15) is 38.5 Å². The first kappa shape index (κ1) is 13.5. The van der Waals surface area contributed by atoms with Gasteiger partial charge in [-0.25, -0.2) is 4.98 Å². The molecule has 1 aromatic rings. The third-order valence-electron chi connectivity index (χ3n) is 4.17. The number of hydrogen-bond acceptors (Lipinski definition) is 4. The van der Waals surface area contributed by atoms with Gasteiger partial charge >= 0.3 is 0 Å². The number of rotatable bonds is 2. The molecule has 6 heteroatoms. The van der Waals surface area contributed by atoms with E-state index < -0.39 is 0 Å². The molecule has 2 aliphatic rings. The quantitative estimate of drug-likeness (QED) is 0.867. The molecule has 1 aliphatic heterocycles. The summed E-state index contributed by atoms with van der Waals surface area (Å²) in [5.74, 6) is 0.845. The number of piperidine rings is 1. The summed E-state index contributed by atoms with van der Waals surface area (Å²) in [5, 5.41) is 7.11. The van der Waals surface area contributed by atoms with E-state index in [4.69, 9.17) is 0 Å². The maximum absolute atomic E-state index is 12.2. The monoisotopic (exact) mass is 343 g/mol. The second-order valence-electron chi connectivity index (χ2n) is 5.41. The number of aromatic nitrogens is 1. The fourth-order valence-electron chi connectivity index (χ4n) is 3.21. The number of fused-ring (bicyclic) bond motifs is 1. The van der Waals surface area contributed by atoms with Gasteiger partial charge in [0.25, 0.3) is 0 Å². The molecular weight excluding hydrogens is 326 g/mol. The molecule has 1 aliphatic carbocycles. The Morgan fingerprint density at radius 2 is 2.21 bits per heavy atom. The van der Waals surface area contributed by atoms with E-state index in [1.807, 2.05) is 0 Å². The van der Waals surface area contributed by atoms with Crippen molar-refractivity contribution < 1.29 is 4.79 Å². The van der Waals surface area contributed by atoms with Crippen LogP contribution >= 0.6 is 27.3 Å². The van der Waals surface area contributed by atoms with Gasteiger partial charge < -0.3 is 10.6 Å². The third-order valence-corrected chi connectivity index (χ3v) is 5.57. The van der Waals surface area contributed by atoms with Crippen molar-refractivity contribution in [3.63, 3.8) is 0 Å². The summed E-state index contributed by atoms with van der Waals surface area (Å²) in [4.78, 5) is 16.4. The lowest BCUT2D eigenvalue weighted by atomic mass is 9.77. The lowest BCUT2D eigenvalue weighted by Crippen LogP contribution is -2.53. The Morgan fingerprint density at radius 1 is 1.37 bits per heavy atom. The van der Waals surface area contributed by atoms with E-state index >= 15 is 0 Å². The van der Waals surface area contributed by atoms with Gasteiger partial charge in [0.15, 0.2) is 5.13 Å². The van der Waals surface area contributed by atoms with Gasteiger partial charge in [0, 0.05) is 6.04 Å². The highest BCUT2D eigenvalue weighted by atomic mass is 79.9. The Hall–Kier alpha value is -0.460. The van der Waals surface area contributed by atoms with E-state index in [1.54, 1.807) is 6.20 Å². The predicted molar refractivity (Wildman–Crippen MR) is 80.3 cm³/mol. The fraction of sp³-hybridized carbons (Fsp3) is 0.692. The van der Waals surface area contributed by atoms with Crippen molar-refractivity contribution in [3.05, 3.63) is 9.98 Å². The van der Waals surface area contributed by atoms with Crippen molar-refractivity contribution in [2.24, 2.45) is 5.92 Å². The average molecular weight is 344 g/mol. The Labute approximate surface area is 125 Å². The molecule has 0 radical (unpaired) electrons.